The second-order valence-electron chi connectivity index (χ2n) is 4.08. The van der Waals surface area contributed by atoms with E-state index in [1.54, 1.807) is 19.2 Å². The van der Waals surface area contributed by atoms with Crippen LogP contribution in [-0.4, -0.2) is 26.3 Å². The topological polar surface area (TPSA) is 44.8 Å². The van der Waals surface area contributed by atoms with Gasteiger partial charge in [0, 0.05) is 12.0 Å². The normalized spacial score (nSPS) is 16.1. The predicted octanol–water partition coefficient (Wildman–Crippen LogP) is 2.03. The number of carbonyl (C=O) groups excluding carboxylic acids is 1. The van der Waals surface area contributed by atoms with Gasteiger partial charge in [0.2, 0.25) is 0 Å². The van der Waals surface area contributed by atoms with Crippen LogP contribution in [0.3, 0.4) is 0 Å². The molecule has 0 radical (unpaired) electrons. The molecule has 17 heavy (non-hydrogen) atoms. The summed E-state index contributed by atoms with van der Waals surface area (Å²) in [5.41, 5.74) is 0. The number of carbonyl (C=O) groups is 1. The van der Waals surface area contributed by atoms with Gasteiger partial charge in [-0.15, -0.1) is 0 Å². The molecule has 1 aromatic rings. The number of rotatable bonds is 5. The Balaban J connectivity index is 2.08. The maximum Gasteiger partial charge on any atom is 0.347 e. The van der Waals surface area contributed by atoms with Crippen LogP contribution in [0.5, 0.6) is 11.5 Å². The molecule has 1 unspecified atom stereocenters. The zero-order valence-electron chi connectivity index (χ0n) is 10.0. The second kappa shape index (κ2) is 5.08. The van der Waals surface area contributed by atoms with Crippen molar-refractivity contribution in [1.82, 2.24) is 0 Å². The van der Waals surface area contributed by atoms with E-state index in [9.17, 15) is 4.79 Å². The van der Waals surface area contributed by atoms with Crippen molar-refractivity contribution in [3.05, 3.63) is 24.3 Å². The van der Waals surface area contributed by atoms with Gasteiger partial charge in [0.15, 0.2) is 6.10 Å². The number of hydrogen-bond donors (Lipinski definition) is 0. The summed E-state index contributed by atoms with van der Waals surface area (Å²) >= 11 is 0. The predicted molar refractivity (Wildman–Crippen MR) is 62.2 cm³/mol. The molecule has 1 aliphatic rings. The first kappa shape index (κ1) is 11.8. The Kier molecular flexibility index (Phi) is 3.52. The maximum atomic E-state index is 11.6. The van der Waals surface area contributed by atoms with Gasteiger partial charge >= 0.3 is 5.97 Å². The average Bonchev–Trinajstić information content (AvgIpc) is 3.19. The molecular formula is C13H16O4. The van der Waals surface area contributed by atoms with Crippen molar-refractivity contribution in [2.45, 2.75) is 18.9 Å². The van der Waals surface area contributed by atoms with E-state index in [1.807, 2.05) is 12.1 Å². The van der Waals surface area contributed by atoms with E-state index < -0.39 is 6.10 Å². The van der Waals surface area contributed by atoms with Crippen LogP contribution in [0.25, 0.3) is 0 Å². The molecule has 1 atom stereocenters. The highest BCUT2D eigenvalue weighted by Crippen LogP contribution is 2.35. The van der Waals surface area contributed by atoms with Gasteiger partial charge in [0.25, 0.3) is 0 Å². The fourth-order valence-corrected chi connectivity index (χ4v) is 1.67. The monoisotopic (exact) mass is 236 g/mol. The van der Waals surface area contributed by atoms with Crippen molar-refractivity contribution < 1.29 is 19.0 Å². The molecule has 1 saturated carbocycles. The Morgan fingerprint density at radius 3 is 2.59 bits per heavy atom. The molecule has 0 saturated heterocycles. The van der Waals surface area contributed by atoms with Crippen molar-refractivity contribution in [1.29, 1.82) is 0 Å². The Morgan fingerprint density at radius 1 is 1.29 bits per heavy atom. The molecule has 2 rings (SSSR count). The van der Waals surface area contributed by atoms with Crippen LogP contribution in [0.1, 0.15) is 12.8 Å². The van der Waals surface area contributed by atoms with Gasteiger partial charge in [-0.05, 0) is 25.0 Å². The molecule has 0 bridgehead atoms. The zero-order valence-corrected chi connectivity index (χ0v) is 10.0. The van der Waals surface area contributed by atoms with Gasteiger partial charge in [-0.2, -0.15) is 0 Å². The summed E-state index contributed by atoms with van der Waals surface area (Å²) in [4.78, 5) is 11.6. The smallest absolute Gasteiger partial charge is 0.347 e. The van der Waals surface area contributed by atoms with E-state index in [0.717, 1.165) is 12.8 Å². The lowest BCUT2D eigenvalue weighted by Crippen LogP contribution is -2.30. The molecule has 0 amide bonds. The number of hydrogen-bond acceptors (Lipinski definition) is 4. The van der Waals surface area contributed by atoms with Gasteiger partial charge in [-0.25, -0.2) is 4.79 Å². The van der Waals surface area contributed by atoms with Crippen LogP contribution in [0.15, 0.2) is 24.3 Å². The SMILES string of the molecule is COC(=O)C(Oc1cccc(OC)c1)C1CC1. The lowest BCUT2D eigenvalue weighted by molar-refractivity contribution is -0.149. The standard InChI is InChI=1S/C13H16O4/c1-15-10-4-3-5-11(8-10)17-12(9-6-7-9)13(14)16-2/h3-5,8-9,12H,6-7H2,1-2H3. The first-order valence-electron chi connectivity index (χ1n) is 5.63. The minimum absolute atomic E-state index is 0.286. The van der Waals surface area contributed by atoms with E-state index in [4.69, 9.17) is 14.2 Å². The molecule has 92 valence electrons. The van der Waals surface area contributed by atoms with Crippen molar-refractivity contribution in [3.63, 3.8) is 0 Å². The van der Waals surface area contributed by atoms with Crippen LogP contribution in [0, 0.1) is 5.92 Å². The number of benzene rings is 1. The molecule has 1 aromatic carbocycles. The number of ether oxygens (including phenoxy) is 3. The first-order valence-corrected chi connectivity index (χ1v) is 5.63. The summed E-state index contributed by atoms with van der Waals surface area (Å²) in [6, 6.07) is 7.23. The lowest BCUT2D eigenvalue weighted by atomic mass is 10.2. The minimum atomic E-state index is -0.493. The highest BCUT2D eigenvalue weighted by atomic mass is 16.6. The van der Waals surface area contributed by atoms with E-state index in [2.05, 4.69) is 0 Å². The van der Waals surface area contributed by atoms with Crippen LogP contribution >= 0.6 is 0 Å². The molecule has 0 aromatic heterocycles. The summed E-state index contributed by atoms with van der Waals surface area (Å²) in [6.07, 6.45) is 1.54. The zero-order chi connectivity index (χ0) is 12.3. The van der Waals surface area contributed by atoms with Gasteiger partial charge in [-0.3, -0.25) is 0 Å². The van der Waals surface area contributed by atoms with E-state index >= 15 is 0 Å². The molecule has 1 aliphatic carbocycles. The van der Waals surface area contributed by atoms with Gasteiger partial charge in [0.1, 0.15) is 11.5 Å². The minimum Gasteiger partial charge on any atom is -0.497 e. The van der Waals surface area contributed by atoms with E-state index in [1.165, 1.54) is 7.11 Å². The summed E-state index contributed by atoms with van der Waals surface area (Å²) in [6.45, 7) is 0. The van der Waals surface area contributed by atoms with Crippen molar-refractivity contribution in [2.24, 2.45) is 5.92 Å². The van der Waals surface area contributed by atoms with Crippen LogP contribution in [0.4, 0.5) is 0 Å². The Hall–Kier alpha value is -1.71. The van der Waals surface area contributed by atoms with Crippen molar-refractivity contribution >= 4 is 5.97 Å². The highest BCUT2D eigenvalue weighted by molar-refractivity contribution is 5.75. The maximum absolute atomic E-state index is 11.6. The third-order valence-electron chi connectivity index (χ3n) is 2.79. The molecule has 0 heterocycles. The third-order valence-corrected chi connectivity index (χ3v) is 2.79. The second-order valence-corrected chi connectivity index (χ2v) is 4.08. The van der Waals surface area contributed by atoms with Crippen LogP contribution in [0.2, 0.25) is 0 Å². The Bertz CT molecular complexity index is 398. The first-order chi connectivity index (χ1) is 8.24. The van der Waals surface area contributed by atoms with E-state index in [-0.39, 0.29) is 11.9 Å². The quantitative estimate of drug-likeness (QED) is 0.734. The van der Waals surface area contributed by atoms with Gasteiger partial charge in [0.05, 0.1) is 14.2 Å². The van der Waals surface area contributed by atoms with Crippen LogP contribution < -0.4 is 9.47 Å². The van der Waals surface area contributed by atoms with Gasteiger partial charge < -0.3 is 14.2 Å². The molecule has 4 nitrogen and oxygen atoms in total. The summed E-state index contributed by atoms with van der Waals surface area (Å²) in [5, 5.41) is 0. The molecule has 0 aliphatic heterocycles. The molecule has 1 fully saturated rings. The Morgan fingerprint density at radius 2 is 2.00 bits per heavy atom. The van der Waals surface area contributed by atoms with E-state index in [0.29, 0.717) is 11.5 Å². The fourth-order valence-electron chi connectivity index (χ4n) is 1.67. The third kappa shape index (κ3) is 2.90. The summed E-state index contributed by atoms with van der Waals surface area (Å²) in [5.74, 6) is 1.32. The highest BCUT2D eigenvalue weighted by Gasteiger charge is 2.39. The lowest BCUT2D eigenvalue weighted by Gasteiger charge is -2.16. The Labute approximate surface area is 100 Å². The molecule has 4 heteroatoms. The molecular weight excluding hydrogens is 220 g/mol. The number of esters is 1. The van der Waals surface area contributed by atoms with Crippen molar-refractivity contribution in [2.75, 3.05) is 14.2 Å². The molecule has 0 spiro atoms. The average molecular weight is 236 g/mol. The van der Waals surface area contributed by atoms with Crippen molar-refractivity contribution in [3.8, 4) is 11.5 Å². The summed E-state index contributed by atoms with van der Waals surface area (Å²) in [7, 11) is 2.98. The summed E-state index contributed by atoms with van der Waals surface area (Å²) < 4.78 is 15.5. The molecule has 0 N–H and O–H groups in total. The van der Waals surface area contributed by atoms with Crippen LogP contribution in [-0.2, 0) is 9.53 Å². The van der Waals surface area contributed by atoms with Gasteiger partial charge in [-0.1, -0.05) is 6.07 Å². The number of methoxy groups -OCH3 is 2. The fraction of sp³-hybridized carbons (Fsp3) is 0.462. The largest absolute Gasteiger partial charge is 0.497 e.